The van der Waals surface area contributed by atoms with E-state index in [2.05, 4.69) is 0 Å². The molecule has 1 aromatic heterocycles. The molecular formula is C29H30N4O5S3. The van der Waals surface area contributed by atoms with Crippen LogP contribution in [0.4, 0.5) is 9.93 Å². The molecule has 41 heavy (non-hydrogen) atoms. The number of amides is 2. The van der Waals surface area contributed by atoms with E-state index in [4.69, 9.17) is 9.72 Å². The maximum Gasteiger partial charge on any atom is 0.409 e. The number of nitrogens with zero attached hydrogens (tertiary/aromatic N) is 4. The highest BCUT2D eigenvalue weighted by Gasteiger charge is 2.31. The van der Waals surface area contributed by atoms with Gasteiger partial charge in [0.15, 0.2) is 5.13 Å². The summed E-state index contributed by atoms with van der Waals surface area (Å²) < 4.78 is 34.0. The van der Waals surface area contributed by atoms with Gasteiger partial charge in [-0.3, -0.25) is 9.69 Å². The molecule has 0 atom stereocenters. The Labute approximate surface area is 247 Å². The van der Waals surface area contributed by atoms with Crippen LogP contribution < -0.4 is 4.90 Å². The lowest BCUT2D eigenvalue weighted by Gasteiger charge is -2.33. The molecule has 1 aliphatic heterocycles. The van der Waals surface area contributed by atoms with Crippen LogP contribution in [0.15, 0.2) is 82.6 Å². The van der Waals surface area contributed by atoms with E-state index in [-0.39, 0.29) is 43.6 Å². The standard InChI is InChI=1S/C29H30N4O5S3/c1-3-38-29(35)31-16-18-32(19-17-31)41(36,37)23-14-12-22(13-15-23)27(34)33(20-21-8-5-4-6-9-21)28-30-26-24(39-2)10-7-11-25(26)40-28/h4-15H,3,16-20H2,1-2H3. The average Bonchev–Trinajstić information content (AvgIpc) is 3.45. The Balaban J connectivity index is 1.39. The van der Waals surface area contributed by atoms with Gasteiger partial charge in [-0.1, -0.05) is 47.7 Å². The molecule has 0 spiro atoms. The number of anilines is 1. The number of ether oxygens (including phenoxy) is 1. The number of aromatic nitrogens is 1. The van der Waals surface area contributed by atoms with Gasteiger partial charge in [0.1, 0.15) is 0 Å². The Morgan fingerprint density at radius 2 is 1.68 bits per heavy atom. The lowest BCUT2D eigenvalue weighted by molar-refractivity contribution is 0.0933. The lowest BCUT2D eigenvalue weighted by atomic mass is 10.1. The predicted molar refractivity (Wildman–Crippen MR) is 162 cm³/mol. The van der Waals surface area contributed by atoms with Crippen LogP contribution in [-0.2, 0) is 21.3 Å². The third-order valence-electron chi connectivity index (χ3n) is 6.75. The van der Waals surface area contributed by atoms with Crippen molar-refractivity contribution < 1.29 is 22.7 Å². The number of carbonyl (C=O) groups is 2. The number of hydrogen-bond acceptors (Lipinski definition) is 8. The van der Waals surface area contributed by atoms with Crippen LogP contribution in [0.2, 0.25) is 0 Å². The zero-order valence-electron chi connectivity index (χ0n) is 22.7. The molecule has 3 aromatic carbocycles. The number of piperazine rings is 1. The lowest BCUT2D eigenvalue weighted by Crippen LogP contribution is -2.50. The highest BCUT2D eigenvalue weighted by molar-refractivity contribution is 7.98. The van der Waals surface area contributed by atoms with Crippen LogP contribution in [-0.4, -0.2) is 73.6 Å². The van der Waals surface area contributed by atoms with Crippen molar-refractivity contribution in [1.29, 1.82) is 0 Å². The topological polar surface area (TPSA) is 100 Å². The molecule has 0 aliphatic carbocycles. The minimum atomic E-state index is -3.79. The first-order valence-corrected chi connectivity index (χ1v) is 16.6. The molecule has 1 saturated heterocycles. The number of benzene rings is 3. The van der Waals surface area contributed by atoms with Crippen LogP contribution in [0.1, 0.15) is 22.8 Å². The summed E-state index contributed by atoms with van der Waals surface area (Å²) in [7, 11) is -3.79. The van der Waals surface area contributed by atoms with E-state index >= 15 is 0 Å². The summed E-state index contributed by atoms with van der Waals surface area (Å²) in [6, 6.07) is 21.7. The minimum absolute atomic E-state index is 0.0952. The quantitative estimate of drug-likeness (QED) is 0.249. The fourth-order valence-electron chi connectivity index (χ4n) is 4.58. The van der Waals surface area contributed by atoms with Crippen molar-refractivity contribution in [2.24, 2.45) is 0 Å². The van der Waals surface area contributed by atoms with E-state index in [0.29, 0.717) is 17.2 Å². The molecule has 9 nitrogen and oxygen atoms in total. The predicted octanol–water partition coefficient (Wildman–Crippen LogP) is 5.33. The molecule has 214 valence electrons. The molecule has 0 saturated carbocycles. The first-order chi connectivity index (χ1) is 19.8. The molecule has 0 N–H and O–H groups in total. The molecule has 0 unspecified atom stereocenters. The van der Waals surface area contributed by atoms with Gasteiger partial charge in [-0.25, -0.2) is 18.2 Å². The molecule has 0 radical (unpaired) electrons. The molecule has 2 heterocycles. The summed E-state index contributed by atoms with van der Waals surface area (Å²) >= 11 is 3.06. The maximum atomic E-state index is 13.9. The Kier molecular flexibility index (Phi) is 8.93. The van der Waals surface area contributed by atoms with Gasteiger partial charge in [0.25, 0.3) is 5.91 Å². The largest absolute Gasteiger partial charge is 0.450 e. The number of hydrogen-bond donors (Lipinski definition) is 0. The number of rotatable bonds is 8. The Morgan fingerprint density at radius 3 is 2.34 bits per heavy atom. The summed E-state index contributed by atoms with van der Waals surface area (Å²) in [5.74, 6) is -0.273. The molecule has 4 aromatic rings. The number of para-hydroxylation sites is 1. The van der Waals surface area contributed by atoms with E-state index in [1.54, 1.807) is 35.7 Å². The molecule has 1 aliphatic rings. The van der Waals surface area contributed by atoms with E-state index in [1.165, 1.54) is 32.7 Å². The van der Waals surface area contributed by atoms with Crippen molar-refractivity contribution in [1.82, 2.24) is 14.2 Å². The number of thioether (sulfide) groups is 1. The highest BCUT2D eigenvalue weighted by Crippen LogP contribution is 2.35. The van der Waals surface area contributed by atoms with Crippen molar-refractivity contribution in [2.45, 2.75) is 23.3 Å². The van der Waals surface area contributed by atoms with Crippen molar-refractivity contribution in [2.75, 3.05) is 43.9 Å². The molecule has 5 rings (SSSR count). The summed E-state index contributed by atoms with van der Waals surface area (Å²) in [5.41, 5.74) is 2.16. The third-order valence-corrected chi connectivity index (χ3v) is 10.5. The first-order valence-electron chi connectivity index (χ1n) is 13.1. The van der Waals surface area contributed by atoms with E-state index in [1.807, 2.05) is 54.8 Å². The van der Waals surface area contributed by atoms with E-state index < -0.39 is 16.1 Å². The van der Waals surface area contributed by atoms with Gasteiger partial charge in [-0.05, 0) is 55.1 Å². The molecule has 2 amide bonds. The summed E-state index contributed by atoms with van der Waals surface area (Å²) in [4.78, 5) is 35.0. The monoisotopic (exact) mass is 610 g/mol. The summed E-state index contributed by atoms with van der Waals surface area (Å²) in [5, 5.41) is 0.575. The Bertz CT molecular complexity index is 1630. The Morgan fingerprint density at radius 1 is 0.976 bits per heavy atom. The second kappa shape index (κ2) is 12.6. The SMILES string of the molecule is CCOC(=O)N1CCN(S(=O)(=O)c2ccc(C(=O)N(Cc3ccccc3)c3nc4c(SC)cccc4s3)cc2)CC1. The smallest absolute Gasteiger partial charge is 0.409 e. The average molecular weight is 611 g/mol. The third kappa shape index (κ3) is 6.25. The van der Waals surface area contributed by atoms with Crippen LogP contribution in [0.25, 0.3) is 10.2 Å². The second-order valence-corrected chi connectivity index (χ2v) is 13.1. The number of sulfonamides is 1. The summed E-state index contributed by atoms with van der Waals surface area (Å²) in [6.07, 6.45) is 1.56. The summed E-state index contributed by atoms with van der Waals surface area (Å²) in [6.45, 7) is 3.16. The zero-order chi connectivity index (χ0) is 29.0. The van der Waals surface area contributed by atoms with Gasteiger partial charge in [0.05, 0.1) is 28.3 Å². The number of fused-ring (bicyclic) bond motifs is 1. The second-order valence-electron chi connectivity index (χ2n) is 9.29. The van der Waals surface area contributed by atoms with Gasteiger partial charge in [0.2, 0.25) is 10.0 Å². The fraction of sp³-hybridized carbons (Fsp3) is 0.276. The minimum Gasteiger partial charge on any atom is -0.450 e. The fourth-order valence-corrected chi connectivity index (χ4v) is 7.62. The highest BCUT2D eigenvalue weighted by atomic mass is 32.2. The normalized spacial score (nSPS) is 14.2. The van der Waals surface area contributed by atoms with Crippen molar-refractivity contribution in [3.63, 3.8) is 0 Å². The Hall–Kier alpha value is -3.45. The van der Waals surface area contributed by atoms with Crippen LogP contribution in [0.5, 0.6) is 0 Å². The van der Waals surface area contributed by atoms with Crippen molar-refractivity contribution in [3.05, 3.63) is 83.9 Å². The van der Waals surface area contributed by atoms with Gasteiger partial charge in [0, 0.05) is 36.6 Å². The number of carbonyl (C=O) groups excluding carboxylic acids is 2. The maximum absolute atomic E-state index is 13.9. The first kappa shape index (κ1) is 29.1. The van der Waals surface area contributed by atoms with Gasteiger partial charge < -0.3 is 9.64 Å². The zero-order valence-corrected chi connectivity index (χ0v) is 25.2. The molecule has 12 heteroatoms. The van der Waals surface area contributed by atoms with Crippen LogP contribution in [0.3, 0.4) is 0 Å². The van der Waals surface area contributed by atoms with Gasteiger partial charge in [-0.15, -0.1) is 11.8 Å². The van der Waals surface area contributed by atoms with Crippen molar-refractivity contribution >= 4 is 60.5 Å². The van der Waals surface area contributed by atoms with Crippen LogP contribution >= 0.6 is 23.1 Å². The van der Waals surface area contributed by atoms with Gasteiger partial charge >= 0.3 is 6.09 Å². The molecular weight excluding hydrogens is 581 g/mol. The van der Waals surface area contributed by atoms with Crippen LogP contribution in [0, 0.1) is 0 Å². The van der Waals surface area contributed by atoms with E-state index in [9.17, 15) is 18.0 Å². The van der Waals surface area contributed by atoms with Crippen molar-refractivity contribution in [3.8, 4) is 0 Å². The number of thiazole rings is 1. The molecule has 0 bridgehead atoms. The molecule has 1 fully saturated rings. The van der Waals surface area contributed by atoms with E-state index in [0.717, 1.165) is 20.7 Å². The van der Waals surface area contributed by atoms with Gasteiger partial charge in [-0.2, -0.15) is 4.31 Å².